The van der Waals surface area contributed by atoms with Gasteiger partial charge in [-0.1, -0.05) is 37.2 Å². The van der Waals surface area contributed by atoms with E-state index in [4.69, 9.17) is 16.3 Å². The first kappa shape index (κ1) is 20.6. The maximum Gasteiger partial charge on any atom is 0.231 e. The van der Waals surface area contributed by atoms with Gasteiger partial charge in [0.25, 0.3) is 0 Å². The zero-order chi connectivity index (χ0) is 19.3. The molecule has 1 N–H and O–H groups in total. The molecule has 0 spiro atoms. The van der Waals surface area contributed by atoms with E-state index in [1.54, 1.807) is 20.1 Å². The SMILES string of the molecule is COCCn1c(SCC(=O)NC(C)(C#N)C(C)C)nc2cc(Cl)ccc21. The molecule has 0 aliphatic heterocycles. The number of imidazole rings is 1. The molecule has 1 amide bonds. The van der Waals surface area contributed by atoms with Gasteiger partial charge < -0.3 is 14.6 Å². The number of nitriles is 1. The minimum absolute atomic E-state index is 0.00914. The molecular weight excluding hydrogens is 372 g/mol. The molecule has 1 unspecified atom stereocenters. The van der Waals surface area contributed by atoms with Gasteiger partial charge in [-0.2, -0.15) is 5.26 Å². The molecule has 0 radical (unpaired) electrons. The predicted octanol–water partition coefficient (Wildman–Crippen LogP) is 3.48. The fourth-order valence-electron chi connectivity index (χ4n) is 2.35. The number of halogens is 1. The van der Waals surface area contributed by atoms with Gasteiger partial charge in [-0.25, -0.2) is 4.98 Å². The van der Waals surface area contributed by atoms with Gasteiger partial charge >= 0.3 is 0 Å². The summed E-state index contributed by atoms with van der Waals surface area (Å²) < 4.78 is 7.19. The molecule has 0 aliphatic rings. The van der Waals surface area contributed by atoms with Crippen molar-refractivity contribution in [3.8, 4) is 6.07 Å². The monoisotopic (exact) mass is 394 g/mol. The maximum atomic E-state index is 12.3. The normalized spacial score (nSPS) is 13.6. The zero-order valence-corrected chi connectivity index (χ0v) is 16.9. The quantitative estimate of drug-likeness (QED) is 0.693. The third kappa shape index (κ3) is 4.70. The standard InChI is InChI=1S/C18H23ClN4O2S/c1-12(2)18(3,11-20)22-16(24)10-26-17-21-14-9-13(19)5-6-15(14)23(17)7-8-25-4/h5-6,9,12H,7-8,10H2,1-4H3,(H,22,24). The molecule has 140 valence electrons. The lowest BCUT2D eigenvalue weighted by Gasteiger charge is -2.27. The lowest BCUT2D eigenvalue weighted by molar-refractivity contribution is -0.120. The number of aromatic nitrogens is 2. The number of methoxy groups -OCH3 is 1. The van der Waals surface area contributed by atoms with Gasteiger partial charge in [0, 0.05) is 18.7 Å². The van der Waals surface area contributed by atoms with E-state index in [9.17, 15) is 10.1 Å². The summed E-state index contributed by atoms with van der Waals surface area (Å²) in [5, 5.41) is 13.5. The van der Waals surface area contributed by atoms with E-state index in [2.05, 4.69) is 16.4 Å². The van der Waals surface area contributed by atoms with Crippen LogP contribution in [-0.2, 0) is 16.1 Å². The van der Waals surface area contributed by atoms with Crippen molar-refractivity contribution in [1.82, 2.24) is 14.9 Å². The second-order valence-corrected chi connectivity index (χ2v) is 7.86. The summed E-state index contributed by atoms with van der Waals surface area (Å²) >= 11 is 7.39. The molecule has 1 aromatic carbocycles. The summed E-state index contributed by atoms with van der Waals surface area (Å²) in [4.78, 5) is 16.9. The molecule has 1 heterocycles. The third-order valence-corrected chi connectivity index (χ3v) is 5.52. The van der Waals surface area contributed by atoms with E-state index in [0.29, 0.717) is 18.2 Å². The number of benzene rings is 1. The molecule has 2 rings (SSSR count). The fourth-order valence-corrected chi connectivity index (χ4v) is 3.35. The van der Waals surface area contributed by atoms with Crippen LogP contribution in [0.1, 0.15) is 20.8 Å². The number of fused-ring (bicyclic) bond motifs is 1. The Kier molecular flexibility index (Phi) is 6.93. The lowest BCUT2D eigenvalue weighted by atomic mass is 9.90. The highest BCUT2D eigenvalue weighted by Gasteiger charge is 2.30. The summed E-state index contributed by atoms with van der Waals surface area (Å²) in [6, 6.07) is 7.71. The molecule has 26 heavy (non-hydrogen) atoms. The first-order chi connectivity index (χ1) is 12.3. The number of nitrogens with zero attached hydrogens (tertiary/aromatic N) is 3. The van der Waals surface area contributed by atoms with Gasteiger partial charge in [-0.3, -0.25) is 4.79 Å². The fraction of sp³-hybridized carbons (Fsp3) is 0.500. The Hall–Kier alpha value is -1.75. The van der Waals surface area contributed by atoms with Crippen molar-refractivity contribution in [2.75, 3.05) is 19.5 Å². The van der Waals surface area contributed by atoms with Crippen LogP contribution in [0.25, 0.3) is 11.0 Å². The number of nitrogens with one attached hydrogen (secondary N) is 1. The topological polar surface area (TPSA) is 79.9 Å². The van der Waals surface area contributed by atoms with E-state index in [-0.39, 0.29) is 17.6 Å². The molecule has 0 bridgehead atoms. The van der Waals surface area contributed by atoms with Crippen LogP contribution in [0.2, 0.25) is 5.02 Å². The number of hydrogen-bond acceptors (Lipinski definition) is 5. The molecule has 1 aromatic heterocycles. The van der Waals surface area contributed by atoms with Crippen LogP contribution in [0.5, 0.6) is 0 Å². The van der Waals surface area contributed by atoms with E-state index in [0.717, 1.165) is 16.2 Å². The molecule has 8 heteroatoms. The number of hydrogen-bond donors (Lipinski definition) is 1. The van der Waals surface area contributed by atoms with Gasteiger partial charge in [-0.15, -0.1) is 0 Å². The van der Waals surface area contributed by atoms with Crippen LogP contribution in [-0.4, -0.2) is 40.5 Å². The van der Waals surface area contributed by atoms with E-state index >= 15 is 0 Å². The molecule has 1 atom stereocenters. The van der Waals surface area contributed by atoms with Crippen molar-refractivity contribution in [2.45, 2.75) is 38.0 Å². The van der Waals surface area contributed by atoms with Crippen molar-refractivity contribution < 1.29 is 9.53 Å². The Morgan fingerprint density at radius 2 is 2.27 bits per heavy atom. The van der Waals surface area contributed by atoms with Crippen LogP contribution < -0.4 is 5.32 Å². The van der Waals surface area contributed by atoms with Crippen molar-refractivity contribution in [3.05, 3.63) is 23.2 Å². The van der Waals surface area contributed by atoms with Crippen LogP contribution in [0.4, 0.5) is 0 Å². The molecule has 6 nitrogen and oxygen atoms in total. The smallest absolute Gasteiger partial charge is 0.231 e. The van der Waals surface area contributed by atoms with E-state index < -0.39 is 5.54 Å². The first-order valence-corrected chi connectivity index (χ1v) is 9.67. The molecule has 2 aromatic rings. The number of rotatable bonds is 8. The Morgan fingerprint density at radius 3 is 2.88 bits per heavy atom. The van der Waals surface area contributed by atoms with Crippen LogP contribution in [0.15, 0.2) is 23.4 Å². The summed E-state index contributed by atoms with van der Waals surface area (Å²) in [6.07, 6.45) is 0. The van der Waals surface area contributed by atoms with Crippen molar-refractivity contribution >= 4 is 40.3 Å². The Labute approximate surface area is 162 Å². The Bertz CT molecular complexity index is 830. The van der Waals surface area contributed by atoms with Gasteiger partial charge in [0.1, 0.15) is 5.54 Å². The Balaban J connectivity index is 2.17. The van der Waals surface area contributed by atoms with Gasteiger partial charge in [0.15, 0.2) is 5.16 Å². The van der Waals surface area contributed by atoms with Crippen LogP contribution in [0, 0.1) is 17.2 Å². The second-order valence-electron chi connectivity index (χ2n) is 6.48. The molecule has 0 saturated carbocycles. The van der Waals surface area contributed by atoms with Crippen molar-refractivity contribution in [3.63, 3.8) is 0 Å². The van der Waals surface area contributed by atoms with Gasteiger partial charge in [-0.05, 0) is 31.0 Å². The number of ether oxygens (including phenoxy) is 1. The third-order valence-electron chi connectivity index (χ3n) is 4.31. The highest BCUT2D eigenvalue weighted by Crippen LogP contribution is 2.26. The Morgan fingerprint density at radius 1 is 1.54 bits per heavy atom. The molecule has 0 fully saturated rings. The average molecular weight is 395 g/mol. The van der Waals surface area contributed by atoms with Crippen molar-refractivity contribution in [2.24, 2.45) is 5.92 Å². The van der Waals surface area contributed by atoms with Crippen LogP contribution in [0.3, 0.4) is 0 Å². The van der Waals surface area contributed by atoms with E-state index in [1.165, 1.54) is 11.8 Å². The molecule has 0 aliphatic carbocycles. The second kappa shape index (κ2) is 8.76. The highest BCUT2D eigenvalue weighted by atomic mass is 35.5. The lowest BCUT2D eigenvalue weighted by Crippen LogP contribution is -2.49. The maximum absolute atomic E-state index is 12.3. The minimum atomic E-state index is -0.888. The number of carbonyl (C=O) groups is 1. The summed E-state index contributed by atoms with van der Waals surface area (Å²) in [6.45, 7) is 6.71. The van der Waals surface area contributed by atoms with Crippen LogP contribution >= 0.6 is 23.4 Å². The van der Waals surface area contributed by atoms with Gasteiger partial charge in [0.05, 0.1) is 29.5 Å². The average Bonchev–Trinajstić information content (AvgIpc) is 2.94. The highest BCUT2D eigenvalue weighted by molar-refractivity contribution is 7.99. The largest absolute Gasteiger partial charge is 0.383 e. The zero-order valence-electron chi connectivity index (χ0n) is 15.4. The summed E-state index contributed by atoms with van der Waals surface area (Å²) in [5.41, 5.74) is 0.834. The van der Waals surface area contributed by atoms with Crippen molar-refractivity contribution in [1.29, 1.82) is 5.26 Å². The summed E-state index contributed by atoms with van der Waals surface area (Å²) in [7, 11) is 1.64. The first-order valence-electron chi connectivity index (χ1n) is 8.30. The van der Waals surface area contributed by atoms with E-state index in [1.807, 2.05) is 30.5 Å². The minimum Gasteiger partial charge on any atom is -0.383 e. The predicted molar refractivity (Wildman–Crippen MR) is 104 cm³/mol. The number of amides is 1. The number of carbonyl (C=O) groups excluding carboxylic acids is 1. The summed E-state index contributed by atoms with van der Waals surface area (Å²) in [5.74, 6) is -0.0143. The van der Waals surface area contributed by atoms with Gasteiger partial charge in [0.2, 0.25) is 5.91 Å². The molecular formula is C18H23ClN4O2S. The molecule has 0 saturated heterocycles. The number of thioether (sulfide) groups is 1.